The van der Waals surface area contributed by atoms with Crippen LogP contribution < -0.4 is 11.5 Å². The maximum atomic E-state index is 5.97. The van der Waals surface area contributed by atoms with Crippen LogP contribution in [-0.4, -0.2) is 0 Å². The van der Waals surface area contributed by atoms with Gasteiger partial charge in [-0.25, -0.2) is 0 Å². The van der Waals surface area contributed by atoms with Crippen LogP contribution in [0.1, 0.15) is 0 Å². The fourth-order valence-corrected chi connectivity index (χ4v) is 1.88. The molecule has 16 heavy (non-hydrogen) atoms. The molecule has 0 spiro atoms. The first-order chi connectivity index (χ1) is 7.61. The van der Waals surface area contributed by atoms with E-state index in [0.717, 1.165) is 11.1 Å². The molecule has 2 aromatic rings. The van der Waals surface area contributed by atoms with Gasteiger partial charge in [0.25, 0.3) is 0 Å². The van der Waals surface area contributed by atoms with Gasteiger partial charge >= 0.3 is 0 Å². The average molecular weight is 253 g/mol. The van der Waals surface area contributed by atoms with Gasteiger partial charge in [0, 0.05) is 5.56 Å². The smallest absolute Gasteiger partial charge is 0.0843 e. The normalized spacial score (nSPS) is 10.4. The number of nitrogen functional groups attached to an aromatic ring is 2. The van der Waals surface area contributed by atoms with Gasteiger partial charge in [0.1, 0.15) is 0 Å². The summed E-state index contributed by atoms with van der Waals surface area (Å²) in [5.74, 6) is 0. The summed E-state index contributed by atoms with van der Waals surface area (Å²) in [5.41, 5.74) is 14.2. The molecule has 0 amide bonds. The Morgan fingerprint density at radius 3 is 2.12 bits per heavy atom. The van der Waals surface area contributed by atoms with Gasteiger partial charge in [-0.3, -0.25) is 0 Å². The first-order valence-corrected chi connectivity index (χ1v) is 5.45. The van der Waals surface area contributed by atoms with E-state index in [1.54, 1.807) is 6.07 Å². The molecule has 0 saturated carbocycles. The highest BCUT2D eigenvalue weighted by molar-refractivity contribution is 6.44. The lowest BCUT2D eigenvalue weighted by atomic mass is 10.0. The van der Waals surface area contributed by atoms with Crippen molar-refractivity contribution in [2.75, 3.05) is 11.5 Å². The molecule has 2 aromatic carbocycles. The standard InChI is InChI=1S/C12H10Cl2N2/c13-9-6-8(7-4-2-1-3-5-7)11(15)12(16)10(9)14/h1-6H,15-16H2. The second kappa shape index (κ2) is 4.24. The Kier molecular flexibility index (Phi) is 2.95. The maximum absolute atomic E-state index is 5.97. The second-order valence-electron chi connectivity index (χ2n) is 3.41. The molecule has 0 unspecified atom stereocenters. The lowest BCUT2D eigenvalue weighted by molar-refractivity contribution is 1.60. The zero-order chi connectivity index (χ0) is 11.7. The van der Waals surface area contributed by atoms with Gasteiger partial charge in [-0.15, -0.1) is 0 Å². The first kappa shape index (κ1) is 11.1. The Hall–Kier alpha value is -1.38. The molecule has 0 atom stereocenters. The number of halogens is 2. The van der Waals surface area contributed by atoms with Crippen LogP contribution in [-0.2, 0) is 0 Å². The van der Waals surface area contributed by atoms with Crippen molar-refractivity contribution >= 4 is 34.6 Å². The highest BCUT2D eigenvalue weighted by atomic mass is 35.5. The van der Waals surface area contributed by atoms with Gasteiger partial charge in [0.2, 0.25) is 0 Å². The number of rotatable bonds is 1. The van der Waals surface area contributed by atoms with E-state index in [1.807, 2.05) is 30.3 Å². The predicted molar refractivity (Wildman–Crippen MR) is 70.7 cm³/mol. The zero-order valence-electron chi connectivity index (χ0n) is 8.37. The third-order valence-corrected chi connectivity index (χ3v) is 3.18. The minimum atomic E-state index is 0.304. The van der Waals surface area contributed by atoms with Gasteiger partial charge in [-0.2, -0.15) is 0 Å². The van der Waals surface area contributed by atoms with Gasteiger partial charge in [0.05, 0.1) is 21.4 Å². The van der Waals surface area contributed by atoms with Crippen molar-refractivity contribution in [1.82, 2.24) is 0 Å². The molecule has 0 aromatic heterocycles. The summed E-state index contributed by atoms with van der Waals surface area (Å²) in [4.78, 5) is 0. The van der Waals surface area contributed by atoms with Crippen LogP contribution in [0, 0.1) is 0 Å². The third-order valence-electron chi connectivity index (χ3n) is 2.38. The fraction of sp³-hybridized carbons (Fsp3) is 0. The lowest BCUT2D eigenvalue weighted by Crippen LogP contribution is -1.98. The molecule has 4 N–H and O–H groups in total. The predicted octanol–water partition coefficient (Wildman–Crippen LogP) is 3.82. The van der Waals surface area contributed by atoms with Gasteiger partial charge in [0.15, 0.2) is 0 Å². The number of hydrogen-bond acceptors (Lipinski definition) is 2. The Morgan fingerprint density at radius 2 is 1.50 bits per heavy atom. The Bertz CT molecular complexity index is 524. The minimum Gasteiger partial charge on any atom is -0.397 e. The van der Waals surface area contributed by atoms with Crippen molar-refractivity contribution in [3.05, 3.63) is 46.4 Å². The second-order valence-corrected chi connectivity index (χ2v) is 4.20. The van der Waals surface area contributed by atoms with Crippen LogP contribution in [0.15, 0.2) is 36.4 Å². The molecule has 2 nitrogen and oxygen atoms in total. The lowest BCUT2D eigenvalue weighted by Gasteiger charge is -2.11. The van der Waals surface area contributed by atoms with Crippen molar-refractivity contribution in [2.24, 2.45) is 0 Å². The number of anilines is 2. The van der Waals surface area contributed by atoms with Crippen LogP contribution in [0.2, 0.25) is 10.0 Å². The van der Waals surface area contributed by atoms with Crippen molar-refractivity contribution in [3.8, 4) is 11.1 Å². The van der Waals surface area contributed by atoms with E-state index >= 15 is 0 Å². The molecule has 2 rings (SSSR count). The molecule has 0 aliphatic carbocycles. The number of benzene rings is 2. The third kappa shape index (κ3) is 1.82. The van der Waals surface area contributed by atoms with Crippen LogP contribution in [0.5, 0.6) is 0 Å². The first-order valence-electron chi connectivity index (χ1n) is 4.69. The van der Waals surface area contributed by atoms with Crippen LogP contribution in [0.25, 0.3) is 11.1 Å². The number of nitrogens with two attached hydrogens (primary N) is 2. The van der Waals surface area contributed by atoms with Crippen molar-refractivity contribution in [2.45, 2.75) is 0 Å². The SMILES string of the molecule is Nc1c(-c2ccccc2)cc(Cl)c(Cl)c1N. The quantitative estimate of drug-likeness (QED) is 0.759. The molecule has 82 valence electrons. The summed E-state index contributed by atoms with van der Waals surface area (Å²) in [6, 6.07) is 11.4. The maximum Gasteiger partial charge on any atom is 0.0843 e. The molecular weight excluding hydrogens is 243 g/mol. The molecular formula is C12H10Cl2N2. The Morgan fingerprint density at radius 1 is 0.875 bits per heavy atom. The minimum absolute atomic E-state index is 0.304. The molecule has 0 aliphatic rings. The summed E-state index contributed by atoms with van der Waals surface area (Å²) >= 11 is 11.9. The molecule has 4 heteroatoms. The van der Waals surface area contributed by atoms with Gasteiger partial charge < -0.3 is 11.5 Å². The highest BCUT2D eigenvalue weighted by Crippen LogP contribution is 2.39. The monoisotopic (exact) mass is 252 g/mol. The Labute approximate surface area is 104 Å². The Balaban J connectivity index is 2.68. The van der Waals surface area contributed by atoms with Crippen molar-refractivity contribution in [1.29, 1.82) is 0 Å². The molecule has 0 saturated heterocycles. The van der Waals surface area contributed by atoms with E-state index in [4.69, 9.17) is 34.7 Å². The molecule has 0 heterocycles. The van der Waals surface area contributed by atoms with Crippen LogP contribution in [0.3, 0.4) is 0 Å². The topological polar surface area (TPSA) is 52.0 Å². The summed E-state index contributed by atoms with van der Waals surface area (Å²) in [7, 11) is 0. The van der Waals surface area contributed by atoms with Crippen LogP contribution in [0.4, 0.5) is 11.4 Å². The molecule has 0 aliphatic heterocycles. The average Bonchev–Trinajstić information content (AvgIpc) is 2.32. The van der Waals surface area contributed by atoms with Crippen molar-refractivity contribution < 1.29 is 0 Å². The van der Waals surface area contributed by atoms with Crippen molar-refractivity contribution in [3.63, 3.8) is 0 Å². The largest absolute Gasteiger partial charge is 0.397 e. The fourth-order valence-electron chi connectivity index (χ4n) is 1.52. The van der Waals surface area contributed by atoms with E-state index in [9.17, 15) is 0 Å². The van der Waals surface area contributed by atoms with E-state index in [1.165, 1.54) is 0 Å². The van der Waals surface area contributed by atoms with E-state index in [0.29, 0.717) is 21.4 Å². The van der Waals surface area contributed by atoms with Gasteiger partial charge in [-0.1, -0.05) is 53.5 Å². The van der Waals surface area contributed by atoms with Crippen LogP contribution >= 0.6 is 23.2 Å². The highest BCUT2D eigenvalue weighted by Gasteiger charge is 2.12. The van der Waals surface area contributed by atoms with E-state index in [-0.39, 0.29) is 0 Å². The summed E-state index contributed by atoms with van der Waals surface area (Å²) in [6.45, 7) is 0. The summed E-state index contributed by atoms with van der Waals surface area (Å²) in [6.07, 6.45) is 0. The summed E-state index contributed by atoms with van der Waals surface area (Å²) in [5, 5.41) is 0.714. The molecule has 0 radical (unpaired) electrons. The summed E-state index contributed by atoms with van der Waals surface area (Å²) < 4.78 is 0. The van der Waals surface area contributed by atoms with Gasteiger partial charge in [-0.05, 0) is 11.6 Å². The molecule has 0 bridgehead atoms. The van der Waals surface area contributed by atoms with E-state index in [2.05, 4.69) is 0 Å². The van der Waals surface area contributed by atoms with E-state index < -0.39 is 0 Å². The number of hydrogen-bond donors (Lipinski definition) is 2. The molecule has 0 fully saturated rings. The zero-order valence-corrected chi connectivity index (χ0v) is 9.89.